The summed E-state index contributed by atoms with van der Waals surface area (Å²) in [4.78, 5) is 0. The number of anilines is 1. The van der Waals surface area contributed by atoms with E-state index in [1.165, 1.54) is 12.1 Å². The number of nitrogens with zero attached hydrogens (tertiary/aromatic N) is 2. The number of aromatic nitrogens is 2. The van der Waals surface area contributed by atoms with E-state index in [0.29, 0.717) is 18.4 Å². The van der Waals surface area contributed by atoms with Crippen molar-refractivity contribution in [3.05, 3.63) is 41.5 Å². The van der Waals surface area contributed by atoms with E-state index in [9.17, 15) is 26.3 Å². The number of nitrogens with two attached hydrogens (primary N) is 1. The van der Waals surface area contributed by atoms with E-state index < -0.39 is 29.0 Å². The van der Waals surface area contributed by atoms with Gasteiger partial charge in [0.15, 0.2) is 0 Å². The van der Waals surface area contributed by atoms with Gasteiger partial charge in [-0.25, -0.2) is 0 Å². The molecule has 1 heterocycles. The zero-order valence-electron chi connectivity index (χ0n) is 12.9. The van der Waals surface area contributed by atoms with Crippen LogP contribution in [0.1, 0.15) is 18.1 Å². The molecule has 0 aliphatic heterocycles. The van der Waals surface area contributed by atoms with Crippen molar-refractivity contribution in [2.45, 2.75) is 25.3 Å². The van der Waals surface area contributed by atoms with Gasteiger partial charge in [0.25, 0.3) is 0 Å². The van der Waals surface area contributed by atoms with Gasteiger partial charge in [0.2, 0.25) is 0 Å². The van der Waals surface area contributed by atoms with Crippen molar-refractivity contribution >= 4 is 5.82 Å². The average Bonchev–Trinajstić information content (AvgIpc) is 2.51. The molecule has 3 N–H and O–H groups in total. The van der Waals surface area contributed by atoms with Crippen LogP contribution in [0.4, 0.5) is 32.2 Å². The fourth-order valence-electron chi connectivity index (χ4n) is 2.01. The first-order chi connectivity index (χ1) is 11.5. The van der Waals surface area contributed by atoms with Gasteiger partial charge in [-0.05, 0) is 31.2 Å². The number of hydrogen-bond acceptors (Lipinski definition) is 4. The largest absolute Gasteiger partial charge is 0.417 e. The molecule has 1 unspecified atom stereocenters. The Labute approximate surface area is 139 Å². The smallest absolute Gasteiger partial charge is 0.367 e. The minimum atomic E-state index is -4.97. The van der Waals surface area contributed by atoms with Gasteiger partial charge >= 0.3 is 12.4 Å². The van der Waals surface area contributed by atoms with Crippen molar-refractivity contribution in [1.82, 2.24) is 10.2 Å². The molecule has 0 radical (unpaired) electrons. The Kier molecular flexibility index (Phi) is 5.21. The molecule has 0 amide bonds. The van der Waals surface area contributed by atoms with Gasteiger partial charge in [-0.15, -0.1) is 10.2 Å². The Bertz CT molecular complexity index is 722. The van der Waals surface area contributed by atoms with E-state index in [1.807, 2.05) is 0 Å². The second kappa shape index (κ2) is 6.87. The van der Waals surface area contributed by atoms with Crippen LogP contribution in [0.2, 0.25) is 0 Å². The maximum atomic E-state index is 13.1. The summed E-state index contributed by atoms with van der Waals surface area (Å²) < 4.78 is 77.5. The maximum Gasteiger partial charge on any atom is 0.417 e. The molecular formula is C15H14F6N4. The van der Waals surface area contributed by atoms with E-state index in [1.54, 1.807) is 6.92 Å². The first-order valence-electron chi connectivity index (χ1n) is 7.10. The summed E-state index contributed by atoms with van der Waals surface area (Å²) in [5.41, 5.74) is 2.08. The standard InChI is InChI=1S/C15H14F6N4/c1-8(22)7-23-13-5-4-12(24-25-13)10-3-2-9(14(16,17)18)6-11(10)15(19,20)21/h2-6,8H,7,22H2,1H3,(H,23,25). The molecule has 1 atom stereocenters. The number of benzene rings is 1. The van der Waals surface area contributed by atoms with Gasteiger partial charge in [0, 0.05) is 18.2 Å². The fourth-order valence-corrected chi connectivity index (χ4v) is 2.01. The molecule has 0 fully saturated rings. The van der Waals surface area contributed by atoms with E-state index >= 15 is 0 Å². The minimum absolute atomic E-state index is 0.0687. The monoisotopic (exact) mass is 364 g/mol. The van der Waals surface area contributed by atoms with Gasteiger partial charge < -0.3 is 11.1 Å². The highest BCUT2D eigenvalue weighted by molar-refractivity contribution is 5.65. The normalized spacial score (nSPS) is 13.6. The molecule has 0 bridgehead atoms. The van der Waals surface area contributed by atoms with E-state index in [0.717, 1.165) is 6.07 Å². The van der Waals surface area contributed by atoms with Gasteiger partial charge in [-0.3, -0.25) is 0 Å². The van der Waals surface area contributed by atoms with Crippen molar-refractivity contribution < 1.29 is 26.3 Å². The molecule has 10 heteroatoms. The third-order valence-electron chi connectivity index (χ3n) is 3.20. The fraction of sp³-hybridized carbons (Fsp3) is 0.333. The summed E-state index contributed by atoms with van der Waals surface area (Å²) in [7, 11) is 0. The Morgan fingerprint density at radius 2 is 1.68 bits per heavy atom. The van der Waals surface area contributed by atoms with Crippen LogP contribution in [0.25, 0.3) is 11.3 Å². The first kappa shape index (κ1) is 19.0. The quantitative estimate of drug-likeness (QED) is 0.807. The Morgan fingerprint density at radius 1 is 1.00 bits per heavy atom. The number of hydrogen-bond donors (Lipinski definition) is 2. The van der Waals surface area contributed by atoms with E-state index in [-0.39, 0.29) is 17.8 Å². The van der Waals surface area contributed by atoms with Crippen LogP contribution in [-0.2, 0) is 12.4 Å². The topological polar surface area (TPSA) is 63.8 Å². The summed E-state index contributed by atoms with van der Waals surface area (Å²) in [6.07, 6.45) is -9.85. The summed E-state index contributed by atoms with van der Waals surface area (Å²) in [5, 5.41) is 10.2. The lowest BCUT2D eigenvalue weighted by Gasteiger charge is -2.15. The molecule has 2 rings (SSSR count). The van der Waals surface area contributed by atoms with Gasteiger partial charge in [-0.1, -0.05) is 6.07 Å². The highest BCUT2D eigenvalue weighted by atomic mass is 19.4. The molecule has 0 spiro atoms. The van der Waals surface area contributed by atoms with Gasteiger partial charge in [-0.2, -0.15) is 26.3 Å². The molecule has 0 aliphatic rings. The SMILES string of the molecule is CC(N)CNc1ccc(-c2ccc(C(F)(F)F)cc2C(F)(F)F)nn1. The second-order valence-electron chi connectivity index (χ2n) is 5.42. The maximum absolute atomic E-state index is 13.1. The zero-order valence-corrected chi connectivity index (χ0v) is 12.9. The molecule has 1 aromatic heterocycles. The molecule has 25 heavy (non-hydrogen) atoms. The van der Waals surface area contributed by atoms with Crippen LogP contribution in [0.15, 0.2) is 30.3 Å². The predicted molar refractivity (Wildman–Crippen MR) is 79.6 cm³/mol. The van der Waals surface area contributed by atoms with E-state index in [2.05, 4.69) is 15.5 Å². The number of nitrogens with one attached hydrogen (secondary N) is 1. The molecule has 0 saturated heterocycles. The Hall–Kier alpha value is -2.36. The van der Waals surface area contributed by atoms with E-state index in [4.69, 9.17) is 5.73 Å². The van der Waals surface area contributed by atoms with Crippen LogP contribution in [-0.4, -0.2) is 22.8 Å². The average molecular weight is 364 g/mol. The minimum Gasteiger partial charge on any atom is -0.367 e. The number of halogens is 6. The molecule has 2 aromatic rings. The third kappa shape index (κ3) is 4.81. The lowest BCUT2D eigenvalue weighted by Crippen LogP contribution is -2.25. The van der Waals surface area contributed by atoms with Crippen molar-refractivity contribution in [3.63, 3.8) is 0 Å². The zero-order chi connectivity index (χ0) is 18.8. The van der Waals surface area contributed by atoms with Crippen molar-refractivity contribution in [2.24, 2.45) is 5.73 Å². The molecule has 1 aromatic carbocycles. The second-order valence-corrected chi connectivity index (χ2v) is 5.42. The lowest BCUT2D eigenvalue weighted by atomic mass is 10.0. The molecule has 4 nitrogen and oxygen atoms in total. The van der Waals surface area contributed by atoms with Gasteiger partial charge in [0.05, 0.1) is 16.8 Å². The third-order valence-corrected chi connectivity index (χ3v) is 3.20. The summed E-state index contributed by atoms with van der Waals surface area (Å²) >= 11 is 0. The first-order valence-corrected chi connectivity index (χ1v) is 7.10. The van der Waals surface area contributed by atoms with Gasteiger partial charge in [0.1, 0.15) is 5.82 Å². The summed E-state index contributed by atoms with van der Waals surface area (Å²) in [6, 6.07) is 3.84. The highest BCUT2D eigenvalue weighted by Gasteiger charge is 2.38. The number of rotatable bonds is 4. The highest BCUT2D eigenvalue weighted by Crippen LogP contribution is 2.40. The lowest BCUT2D eigenvalue weighted by molar-refractivity contribution is -0.142. The van der Waals surface area contributed by atoms with Crippen molar-refractivity contribution in [2.75, 3.05) is 11.9 Å². The molecule has 0 aliphatic carbocycles. The summed E-state index contributed by atoms with van der Waals surface area (Å²) in [5.74, 6) is 0.293. The van der Waals surface area contributed by atoms with Crippen LogP contribution in [0.5, 0.6) is 0 Å². The Balaban J connectivity index is 2.41. The van der Waals surface area contributed by atoms with Crippen molar-refractivity contribution in [1.29, 1.82) is 0 Å². The Morgan fingerprint density at radius 3 is 2.16 bits per heavy atom. The van der Waals surface area contributed by atoms with Crippen LogP contribution in [0, 0.1) is 0 Å². The molecule has 0 saturated carbocycles. The van der Waals surface area contributed by atoms with Crippen molar-refractivity contribution in [3.8, 4) is 11.3 Å². The molecular weight excluding hydrogens is 350 g/mol. The van der Waals surface area contributed by atoms with Crippen LogP contribution < -0.4 is 11.1 Å². The summed E-state index contributed by atoms with van der Waals surface area (Å²) in [6.45, 7) is 2.12. The van der Waals surface area contributed by atoms with Crippen LogP contribution in [0.3, 0.4) is 0 Å². The molecule has 136 valence electrons. The number of alkyl halides is 6. The van der Waals surface area contributed by atoms with Crippen LogP contribution >= 0.6 is 0 Å². The predicted octanol–water partition coefficient (Wildman–Crippen LogP) is 3.94.